The lowest BCUT2D eigenvalue weighted by Gasteiger charge is -2.32. The number of amides is 1. The average molecular weight is 298 g/mol. The summed E-state index contributed by atoms with van der Waals surface area (Å²) in [5, 5.41) is 0. The van der Waals surface area contributed by atoms with Crippen LogP contribution in [0.1, 0.15) is 37.1 Å². The van der Waals surface area contributed by atoms with Gasteiger partial charge in [-0.05, 0) is 24.3 Å². The monoisotopic (exact) mass is 298 g/mol. The molecule has 1 fully saturated rings. The summed E-state index contributed by atoms with van der Waals surface area (Å²) in [4.78, 5) is 22.3. The number of anilines is 1. The molecule has 22 heavy (non-hydrogen) atoms. The van der Waals surface area contributed by atoms with Crippen LogP contribution in [0.4, 0.5) is 5.82 Å². The van der Waals surface area contributed by atoms with Gasteiger partial charge in [0.15, 0.2) is 0 Å². The normalized spacial score (nSPS) is 17.4. The second-order valence-electron chi connectivity index (χ2n) is 6.08. The van der Waals surface area contributed by atoms with Crippen LogP contribution in [0.2, 0.25) is 0 Å². The number of nitrogens with one attached hydrogen (secondary N) is 1. The Morgan fingerprint density at radius 1 is 1.32 bits per heavy atom. The van der Waals surface area contributed by atoms with Crippen LogP contribution < -0.4 is 5.73 Å². The van der Waals surface area contributed by atoms with Gasteiger partial charge in [-0.2, -0.15) is 0 Å². The van der Waals surface area contributed by atoms with Gasteiger partial charge in [-0.25, -0.2) is 4.98 Å². The number of aromatic amines is 1. The van der Waals surface area contributed by atoms with Crippen molar-refractivity contribution in [3.8, 4) is 0 Å². The Labute approximate surface area is 130 Å². The second-order valence-corrected chi connectivity index (χ2v) is 6.08. The highest BCUT2D eigenvalue weighted by atomic mass is 16.2. The van der Waals surface area contributed by atoms with E-state index in [1.807, 2.05) is 35.2 Å². The fourth-order valence-electron chi connectivity index (χ4n) is 2.97. The molecule has 0 spiro atoms. The number of rotatable bonds is 3. The van der Waals surface area contributed by atoms with Gasteiger partial charge < -0.3 is 15.6 Å². The number of hydrogen-bond acceptors (Lipinski definition) is 3. The third kappa shape index (κ3) is 2.98. The number of nitrogens with zero attached hydrogens (tertiary/aromatic N) is 2. The molecule has 1 aliphatic rings. The number of H-pyrrole nitrogens is 1. The van der Waals surface area contributed by atoms with Gasteiger partial charge in [0.2, 0.25) is 5.91 Å². The zero-order valence-corrected chi connectivity index (χ0v) is 12.8. The SMILES string of the molecule is CC1CCN(C(=O)C(c2ccccc2)c2ncc(N)[nH]2)CC1. The van der Waals surface area contributed by atoms with Gasteiger partial charge in [0, 0.05) is 13.1 Å². The van der Waals surface area contributed by atoms with Crippen LogP contribution in [-0.2, 0) is 4.79 Å². The van der Waals surface area contributed by atoms with Gasteiger partial charge in [-0.15, -0.1) is 0 Å². The highest BCUT2D eigenvalue weighted by molar-refractivity contribution is 5.86. The minimum absolute atomic E-state index is 0.104. The fraction of sp³-hybridized carbons (Fsp3) is 0.412. The molecule has 5 nitrogen and oxygen atoms in total. The quantitative estimate of drug-likeness (QED) is 0.913. The van der Waals surface area contributed by atoms with Gasteiger partial charge in [-0.1, -0.05) is 37.3 Å². The van der Waals surface area contributed by atoms with Gasteiger partial charge in [0.05, 0.1) is 6.20 Å². The number of carbonyl (C=O) groups excluding carboxylic acids is 1. The Hall–Kier alpha value is -2.30. The predicted molar refractivity (Wildman–Crippen MR) is 86.3 cm³/mol. The number of hydrogen-bond donors (Lipinski definition) is 2. The number of imidazole rings is 1. The van der Waals surface area contributed by atoms with Crippen molar-refractivity contribution in [2.45, 2.75) is 25.7 Å². The molecule has 1 saturated heterocycles. The molecule has 1 aliphatic heterocycles. The zero-order valence-electron chi connectivity index (χ0n) is 12.8. The molecule has 3 rings (SSSR count). The van der Waals surface area contributed by atoms with Crippen molar-refractivity contribution in [2.24, 2.45) is 5.92 Å². The molecule has 1 unspecified atom stereocenters. The lowest BCUT2D eigenvalue weighted by molar-refractivity contribution is -0.133. The van der Waals surface area contributed by atoms with Gasteiger partial charge in [0.25, 0.3) is 0 Å². The fourth-order valence-corrected chi connectivity index (χ4v) is 2.97. The van der Waals surface area contributed by atoms with Crippen molar-refractivity contribution in [3.05, 3.63) is 47.9 Å². The summed E-state index contributed by atoms with van der Waals surface area (Å²) in [6.45, 7) is 3.88. The zero-order chi connectivity index (χ0) is 15.5. The topological polar surface area (TPSA) is 75.0 Å². The average Bonchev–Trinajstić information content (AvgIpc) is 2.95. The van der Waals surface area contributed by atoms with Crippen molar-refractivity contribution in [1.82, 2.24) is 14.9 Å². The van der Waals surface area contributed by atoms with Crippen LogP contribution >= 0.6 is 0 Å². The third-order valence-corrected chi connectivity index (χ3v) is 4.36. The van der Waals surface area contributed by atoms with Crippen LogP contribution in [0.15, 0.2) is 36.5 Å². The van der Waals surface area contributed by atoms with Gasteiger partial charge >= 0.3 is 0 Å². The van der Waals surface area contributed by atoms with Crippen LogP contribution in [0, 0.1) is 5.92 Å². The smallest absolute Gasteiger partial charge is 0.237 e. The summed E-state index contributed by atoms with van der Waals surface area (Å²) in [6.07, 6.45) is 3.69. The van der Waals surface area contributed by atoms with Crippen molar-refractivity contribution in [2.75, 3.05) is 18.8 Å². The van der Waals surface area contributed by atoms with E-state index in [9.17, 15) is 4.79 Å². The number of piperidine rings is 1. The minimum Gasteiger partial charge on any atom is -0.384 e. The molecule has 2 heterocycles. The van der Waals surface area contributed by atoms with Crippen molar-refractivity contribution < 1.29 is 4.79 Å². The number of likely N-dealkylation sites (tertiary alicyclic amines) is 1. The summed E-state index contributed by atoms with van der Waals surface area (Å²) in [5.41, 5.74) is 6.69. The minimum atomic E-state index is -0.410. The van der Waals surface area contributed by atoms with E-state index in [0.717, 1.165) is 31.5 Å². The Balaban J connectivity index is 1.90. The maximum atomic E-state index is 13.0. The summed E-state index contributed by atoms with van der Waals surface area (Å²) < 4.78 is 0. The number of nitrogen functional groups attached to an aromatic ring is 1. The van der Waals surface area contributed by atoms with E-state index in [1.165, 1.54) is 0 Å². The summed E-state index contributed by atoms with van der Waals surface area (Å²) >= 11 is 0. The maximum absolute atomic E-state index is 13.0. The van der Waals surface area contributed by atoms with E-state index in [4.69, 9.17) is 5.73 Å². The highest BCUT2D eigenvalue weighted by Crippen LogP contribution is 2.27. The summed E-state index contributed by atoms with van der Waals surface area (Å²) in [5.74, 6) is 1.49. The first-order chi connectivity index (χ1) is 10.6. The third-order valence-electron chi connectivity index (χ3n) is 4.36. The van der Waals surface area contributed by atoms with Crippen LogP contribution in [0.3, 0.4) is 0 Å². The standard InChI is InChI=1S/C17H22N4O/c1-12-7-9-21(10-8-12)17(22)15(13-5-3-2-4-6-13)16-19-11-14(18)20-16/h2-6,11-12,15H,7-10,18H2,1H3,(H,19,20). The molecule has 3 N–H and O–H groups in total. The van der Waals surface area contributed by atoms with E-state index in [0.29, 0.717) is 17.6 Å². The van der Waals surface area contributed by atoms with E-state index >= 15 is 0 Å². The van der Waals surface area contributed by atoms with Crippen LogP contribution in [0.5, 0.6) is 0 Å². The number of carbonyl (C=O) groups is 1. The number of aromatic nitrogens is 2. The largest absolute Gasteiger partial charge is 0.384 e. The first kappa shape index (κ1) is 14.6. The second kappa shape index (κ2) is 6.22. The van der Waals surface area contributed by atoms with Crippen LogP contribution in [0.25, 0.3) is 0 Å². The first-order valence-corrected chi connectivity index (χ1v) is 7.79. The molecule has 0 radical (unpaired) electrons. The van der Waals surface area contributed by atoms with Gasteiger partial charge in [0.1, 0.15) is 17.6 Å². The van der Waals surface area contributed by atoms with E-state index in [1.54, 1.807) is 6.20 Å². The lowest BCUT2D eigenvalue weighted by atomic mass is 9.93. The molecule has 0 saturated carbocycles. The molecule has 116 valence electrons. The Morgan fingerprint density at radius 2 is 2.00 bits per heavy atom. The Kier molecular flexibility index (Phi) is 4.13. The molecule has 1 amide bonds. The molecule has 1 aromatic heterocycles. The number of benzene rings is 1. The molecular weight excluding hydrogens is 276 g/mol. The molecule has 0 bridgehead atoms. The summed E-state index contributed by atoms with van der Waals surface area (Å²) in [7, 11) is 0. The summed E-state index contributed by atoms with van der Waals surface area (Å²) in [6, 6.07) is 9.77. The van der Waals surface area contributed by atoms with E-state index in [2.05, 4.69) is 16.9 Å². The molecule has 0 aliphatic carbocycles. The lowest BCUT2D eigenvalue weighted by Crippen LogP contribution is -2.41. The Morgan fingerprint density at radius 3 is 2.59 bits per heavy atom. The van der Waals surface area contributed by atoms with E-state index in [-0.39, 0.29) is 5.91 Å². The number of nitrogens with two attached hydrogens (primary N) is 1. The van der Waals surface area contributed by atoms with Crippen molar-refractivity contribution in [3.63, 3.8) is 0 Å². The highest BCUT2D eigenvalue weighted by Gasteiger charge is 2.31. The van der Waals surface area contributed by atoms with Gasteiger partial charge in [-0.3, -0.25) is 4.79 Å². The predicted octanol–water partition coefficient (Wildman–Crippen LogP) is 2.38. The molecule has 1 aromatic carbocycles. The molecule has 2 aromatic rings. The van der Waals surface area contributed by atoms with Crippen molar-refractivity contribution in [1.29, 1.82) is 0 Å². The van der Waals surface area contributed by atoms with E-state index < -0.39 is 5.92 Å². The molecule has 1 atom stereocenters. The maximum Gasteiger partial charge on any atom is 0.237 e. The molecule has 5 heteroatoms. The Bertz CT molecular complexity index is 629. The van der Waals surface area contributed by atoms with Crippen molar-refractivity contribution >= 4 is 11.7 Å². The molecular formula is C17H22N4O. The van der Waals surface area contributed by atoms with Crippen LogP contribution in [-0.4, -0.2) is 33.9 Å². The first-order valence-electron chi connectivity index (χ1n) is 7.79.